The van der Waals surface area contributed by atoms with Gasteiger partial charge in [-0.15, -0.1) is 0 Å². The van der Waals surface area contributed by atoms with Crippen molar-refractivity contribution in [3.63, 3.8) is 0 Å². The van der Waals surface area contributed by atoms with Crippen LogP contribution in [0.25, 0.3) is 0 Å². The summed E-state index contributed by atoms with van der Waals surface area (Å²) in [4.78, 5) is 11.4. The molecule has 0 radical (unpaired) electrons. The first-order chi connectivity index (χ1) is 9.52. The summed E-state index contributed by atoms with van der Waals surface area (Å²) in [6.45, 7) is 5.60. The molecule has 0 aliphatic rings. The number of hydrogen-bond donors (Lipinski definition) is 0. The van der Waals surface area contributed by atoms with Crippen LogP contribution in [0.15, 0.2) is 17.0 Å². The van der Waals surface area contributed by atoms with Gasteiger partial charge in [0, 0.05) is 10.7 Å². The number of esters is 1. The van der Waals surface area contributed by atoms with Crippen LogP contribution in [0.2, 0.25) is 5.02 Å². The van der Waals surface area contributed by atoms with E-state index in [-0.39, 0.29) is 5.56 Å². The second-order valence-corrected chi connectivity index (χ2v) is 7.99. The first-order valence-electron chi connectivity index (χ1n) is 6.17. The van der Waals surface area contributed by atoms with Crippen LogP contribution in [0.3, 0.4) is 0 Å². The summed E-state index contributed by atoms with van der Waals surface area (Å²) in [5.74, 6) is -1.65. The average Bonchev–Trinajstić information content (AvgIpc) is 2.29. The van der Waals surface area contributed by atoms with Gasteiger partial charge in [-0.3, -0.25) is 0 Å². The Kier molecular flexibility index (Phi) is 6.01. The molecule has 0 saturated heterocycles. The molecule has 1 unspecified atom stereocenters. The summed E-state index contributed by atoms with van der Waals surface area (Å²) in [5, 5.41) is -0.499. The molecule has 0 aliphatic heterocycles. The molecule has 21 heavy (non-hydrogen) atoms. The number of carbonyl (C=O) groups excluding carboxylic acids is 1. The molecule has 1 aromatic carbocycles. The standard InChI is InChI=1S/C13H15Cl2FO4S/c1-7(2)4-8(3)20-13(17)10-5-9(21(15,18)19)6-11(16)12(10)14/h5-8H,4H2,1-3H3. The molecule has 0 amide bonds. The Morgan fingerprint density at radius 3 is 2.38 bits per heavy atom. The number of halogens is 3. The lowest BCUT2D eigenvalue weighted by Gasteiger charge is -2.16. The Hall–Kier alpha value is -0.850. The van der Waals surface area contributed by atoms with Gasteiger partial charge in [-0.25, -0.2) is 17.6 Å². The van der Waals surface area contributed by atoms with Gasteiger partial charge in [0.1, 0.15) is 5.82 Å². The van der Waals surface area contributed by atoms with Crippen molar-refractivity contribution in [2.24, 2.45) is 5.92 Å². The Bertz CT molecular complexity index is 644. The molecule has 0 aromatic heterocycles. The first-order valence-corrected chi connectivity index (χ1v) is 8.85. The van der Waals surface area contributed by atoms with Crippen molar-refractivity contribution in [1.82, 2.24) is 0 Å². The van der Waals surface area contributed by atoms with Gasteiger partial charge in [-0.2, -0.15) is 0 Å². The average molecular weight is 357 g/mol. The van der Waals surface area contributed by atoms with Crippen molar-refractivity contribution < 1.29 is 22.3 Å². The van der Waals surface area contributed by atoms with E-state index in [9.17, 15) is 17.6 Å². The van der Waals surface area contributed by atoms with Crippen LogP contribution in [0, 0.1) is 11.7 Å². The van der Waals surface area contributed by atoms with E-state index in [0.29, 0.717) is 18.4 Å². The van der Waals surface area contributed by atoms with Crippen LogP contribution in [-0.2, 0) is 13.8 Å². The predicted octanol–water partition coefficient (Wildman–Crippen LogP) is 4.00. The molecule has 0 spiro atoms. The fourth-order valence-electron chi connectivity index (χ4n) is 1.81. The second kappa shape index (κ2) is 6.94. The highest BCUT2D eigenvalue weighted by Crippen LogP contribution is 2.27. The van der Waals surface area contributed by atoms with E-state index in [4.69, 9.17) is 27.0 Å². The summed E-state index contributed by atoms with van der Waals surface area (Å²) in [6.07, 6.45) is 0.201. The van der Waals surface area contributed by atoms with E-state index >= 15 is 0 Å². The molecule has 0 aliphatic carbocycles. The minimum absolute atomic E-state index is 0.301. The monoisotopic (exact) mass is 356 g/mol. The fraction of sp³-hybridized carbons (Fsp3) is 0.462. The molecule has 0 heterocycles. The van der Waals surface area contributed by atoms with Gasteiger partial charge in [0.25, 0.3) is 9.05 Å². The Morgan fingerprint density at radius 2 is 1.90 bits per heavy atom. The lowest BCUT2D eigenvalue weighted by atomic mass is 10.1. The van der Waals surface area contributed by atoms with Crippen LogP contribution in [0.4, 0.5) is 4.39 Å². The fourth-order valence-corrected chi connectivity index (χ4v) is 2.77. The van der Waals surface area contributed by atoms with Gasteiger partial charge >= 0.3 is 5.97 Å². The van der Waals surface area contributed by atoms with Gasteiger partial charge in [-0.05, 0) is 31.4 Å². The third-order valence-electron chi connectivity index (χ3n) is 2.61. The maximum atomic E-state index is 13.6. The summed E-state index contributed by atoms with van der Waals surface area (Å²) >= 11 is 5.69. The maximum Gasteiger partial charge on any atom is 0.340 e. The van der Waals surface area contributed by atoms with Crippen molar-refractivity contribution >= 4 is 37.3 Å². The zero-order chi connectivity index (χ0) is 16.4. The van der Waals surface area contributed by atoms with Crippen LogP contribution in [0.5, 0.6) is 0 Å². The van der Waals surface area contributed by atoms with Gasteiger partial charge in [0.05, 0.1) is 21.6 Å². The summed E-state index contributed by atoms with van der Waals surface area (Å²) < 4.78 is 41.2. The third kappa shape index (κ3) is 5.13. The van der Waals surface area contributed by atoms with E-state index in [0.717, 1.165) is 6.07 Å². The van der Waals surface area contributed by atoms with Gasteiger partial charge in [-0.1, -0.05) is 25.4 Å². The molecule has 1 aromatic rings. The van der Waals surface area contributed by atoms with E-state index in [1.54, 1.807) is 6.92 Å². The zero-order valence-electron chi connectivity index (χ0n) is 11.7. The minimum Gasteiger partial charge on any atom is -0.459 e. The Morgan fingerprint density at radius 1 is 1.33 bits per heavy atom. The number of ether oxygens (including phenoxy) is 1. The van der Waals surface area contributed by atoms with Crippen LogP contribution in [0.1, 0.15) is 37.6 Å². The van der Waals surface area contributed by atoms with Crippen molar-refractivity contribution in [2.75, 3.05) is 0 Å². The number of benzene rings is 1. The lowest BCUT2D eigenvalue weighted by molar-refractivity contribution is 0.0299. The van der Waals surface area contributed by atoms with Gasteiger partial charge < -0.3 is 4.74 Å². The largest absolute Gasteiger partial charge is 0.459 e. The quantitative estimate of drug-likeness (QED) is 0.590. The van der Waals surface area contributed by atoms with E-state index in [2.05, 4.69) is 0 Å². The molecule has 0 saturated carbocycles. The van der Waals surface area contributed by atoms with Gasteiger partial charge in [0.2, 0.25) is 0 Å². The maximum absolute atomic E-state index is 13.6. The van der Waals surface area contributed by atoms with E-state index < -0.39 is 36.9 Å². The third-order valence-corrected chi connectivity index (χ3v) is 4.33. The first kappa shape index (κ1) is 18.2. The lowest BCUT2D eigenvalue weighted by Crippen LogP contribution is -2.18. The molecular weight excluding hydrogens is 342 g/mol. The molecular formula is C13H15Cl2FO4S. The molecule has 118 valence electrons. The minimum atomic E-state index is -4.18. The molecule has 0 bridgehead atoms. The zero-order valence-corrected chi connectivity index (χ0v) is 14.0. The van der Waals surface area contributed by atoms with Crippen LogP contribution >= 0.6 is 22.3 Å². The smallest absolute Gasteiger partial charge is 0.340 e. The Labute approximate surface area is 132 Å². The summed E-state index contributed by atoms with van der Waals surface area (Å²) in [6, 6.07) is 1.55. The summed E-state index contributed by atoms with van der Waals surface area (Å²) in [7, 11) is 0.965. The highest BCUT2D eigenvalue weighted by molar-refractivity contribution is 8.13. The summed E-state index contributed by atoms with van der Waals surface area (Å²) in [5.41, 5.74) is -0.369. The molecule has 1 atom stereocenters. The van der Waals surface area contributed by atoms with Crippen molar-refractivity contribution in [2.45, 2.75) is 38.2 Å². The van der Waals surface area contributed by atoms with Crippen molar-refractivity contribution in [3.8, 4) is 0 Å². The number of rotatable bonds is 5. The molecule has 1 rings (SSSR count). The second-order valence-electron chi connectivity index (χ2n) is 5.05. The highest BCUT2D eigenvalue weighted by Gasteiger charge is 2.23. The van der Waals surface area contributed by atoms with Crippen molar-refractivity contribution in [1.29, 1.82) is 0 Å². The molecule has 4 nitrogen and oxygen atoms in total. The van der Waals surface area contributed by atoms with E-state index in [1.807, 2.05) is 13.8 Å². The van der Waals surface area contributed by atoms with Crippen LogP contribution in [-0.4, -0.2) is 20.5 Å². The normalized spacial score (nSPS) is 13.3. The molecule has 0 fully saturated rings. The molecule has 8 heteroatoms. The Balaban J connectivity index is 3.12. The molecule has 0 N–H and O–H groups in total. The SMILES string of the molecule is CC(C)CC(C)OC(=O)c1cc(S(=O)(=O)Cl)cc(F)c1Cl. The topological polar surface area (TPSA) is 60.4 Å². The highest BCUT2D eigenvalue weighted by atomic mass is 35.7. The van der Waals surface area contributed by atoms with E-state index in [1.165, 1.54) is 0 Å². The van der Waals surface area contributed by atoms with Gasteiger partial charge in [0.15, 0.2) is 0 Å². The number of carbonyl (C=O) groups is 1. The number of hydrogen-bond acceptors (Lipinski definition) is 4. The van der Waals surface area contributed by atoms with Crippen molar-refractivity contribution in [3.05, 3.63) is 28.5 Å². The van der Waals surface area contributed by atoms with Crippen LogP contribution < -0.4 is 0 Å². The predicted molar refractivity (Wildman–Crippen MR) is 78.8 cm³/mol.